The zero-order chi connectivity index (χ0) is 16.1. The molecule has 0 saturated carbocycles. The third kappa shape index (κ3) is 4.58. The van der Waals surface area contributed by atoms with E-state index in [9.17, 15) is 20.2 Å². The van der Waals surface area contributed by atoms with Gasteiger partial charge in [0.05, 0.1) is 15.9 Å². The molecule has 0 amide bonds. The first kappa shape index (κ1) is 18.2. The van der Waals surface area contributed by atoms with Gasteiger partial charge in [0.1, 0.15) is 0 Å². The zero-order valence-electron chi connectivity index (χ0n) is 11.8. The molecule has 0 spiro atoms. The number of rotatable bonds is 6. The van der Waals surface area contributed by atoms with Gasteiger partial charge in [0, 0.05) is 12.1 Å². The van der Waals surface area contributed by atoms with Crippen molar-refractivity contribution in [2.75, 3.05) is 0 Å². The third-order valence-corrected chi connectivity index (χ3v) is 2.75. The van der Waals surface area contributed by atoms with E-state index >= 15 is 0 Å². The minimum atomic E-state index is -0.719. The number of nitro benzene ring substituents is 2. The Kier molecular flexibility index (Phi) is 6.34. The minimum absolute atomic E-state index is 0. The lowest BCUT2D eigenvalue weighted by molar-refractivity contribution is -0.687. The predicted octanol–water partition coefficient (Wildman–Crippen LogP) is -0.227. The molecule has 0 atom stereocenters. The summed E-state index contributed by atoms with van der Waals surface area (Å²) < 4.78 is 7.25. The van der Waals surface area contributed by atoms with Crippen molar-refractivity contribution in [1.82, 2.24) is 0 Å². The molecule has 1 aromatic heterocycles. The van der Waals surface area contributed by atoms with Crippen LogP contribution in [0.15, 0.2) is 55.4 Å². The van der Waals surface area contributed by atoms with Crippen molar-refractivity contribution in [2.45, 2.75) is 6.54 Å². The fourth-order valence-corrected chi connectivity index (χ4v) is 1.80. The second-order valence-corrected chi connectivity index (χ2v) is 4.29. The number of non-ortho nitro benzene ring substituents is 1. The van der Waals surface area contributed by atoms with E-state index in [2.05, 4.69) is 6.58 Å². The fourth-order valence-electron chi connectivity index (χ4n) is 1.80. The third-order valence-electron chi connectivity index (χ3n) is 2.75. The van der Waals surface area contributed by atoms with Crippen molar-refractivity contribution in [3.8, 4) is 11.5 Å². The van der Waals surface area contributed by atoms with Crippen molar-refractivity contribution >= 4 is 11.4 Å². The molecular weight excluding hydrogens is 370 g/mol. The first-order valence-electron chi connectivity index (χ1n) is 6.22. The Hall–Kier alpha value is -2.81. The number of benzene rings is 1. The average molecular weight is 382 g/mol. The summed E-state index contributed by atoms with van der Waals surface area (Å²) in [5.41, 5.74) is -0.831. The van der Waals surface area contributed by atoms with Crippen LogP contribution in [-0.2, 0) is 6.54 Å². The fraction of sp³-hybridized carbons (Fsp3) is 0.0714. The predicted molar refractivity (Wildman–Crippen MR) is 76.7 cm³/mol. The van der Waals surface area contributed by atoms with Gasteiger partial charge in [0.2, 0.25) is 11.9 Å². The average Bonchev–Trinajstić information content (AvgIpc) is 2.48. The summed E-state index contributed by atoms with van der Waals surface area (Å²) in [4.78, 5) is 20.3. The van der Waals surface area contributed by atoms with Crippen molar-refractivity contribution in [3.63, 3.8) is 0 Å². The van der Waals surface area contributed by atoms with E-state index in [1.165, 1.54) is 6.07 Å². The summed E-state index contributed by atoms with van der Waals surface area (Å²) in [6, 6.07) is 6.58. The van der Waals surface area contributed by atoms with E-state index in [1.54, 1.807) is 35.2 Å². The number of hydrogen-bond acceptors (Lipinski definition) is 5. The Morgan fingerprint density at radius 1 is 1.22 bits per heavy atom. The number of pyridine rings is 1. The van der Waals surface area contributed by atoms with Crippen LogP contribution in [0.5, 0.6) is 11.5 Å². The lowest BCUT2D eigenvalue weighted by atomic mass is 10.2. The van der Waals surface area contributed by atoms with E-state index < -0.39 is 15.5 Å². The number of aromatic nitrogens is 1. The number of nitro groups is 2. The molecule has 9 heteroatoms. The molecule has 0 unspecified atom stereocenters. The summed E-state index contributed by atoms with van der Waals surface area (Å²) in [5.74, 6) is 0.313. The van der Waals surface area contributed by atoms with Crippen LogP contribution < -0.4 is 26.3 Å². The molecule has 23 heavy (non-hydrogen) atoms. The first-order valence-corrected chi connectivity index (χ1v) is 6.22. The highest BCUT2D eigenvalue weighted by Crippen LogP contribution is 2.33. The number of halogens is 1. The lowest BCUT2D eigenvalue weighted by Crippen LogP contribution is -3.00. The van der Waals surface area contributed by atoms with Crippen molar-refractivity contribution in [3.05, 3.63) is 75.6 Å². The van der Waals surface area contributed by atoms with Gasteiger partial charge in [-0.15, -0.1) is 0 Å². The van der Waals surface area contributed by atoms with E-state index in [1.807, 2.05) is 0 Å². The molecule has 120 valence electrons. The Labute approximate surface area is 141 Å². The van der Waals surface area contributed by atoms with Gasteiger partial charge in [0.25, 0.3) is 5.69 Å². The van der Waals surface area contributed by atoms with Gasteiger partial charge >= 0.3 is 5.69 Å². The molecule has 0 fully saturated rings. The maximum absolute atomic E-state index is 11.0. The standard InChI is InChI=1S/C14H12N3O5.BrH/c1-2-7-15-8-3-4-12(10-15)22-14-6-5-11(16(18)19)9-13(14)17(20)21;/h2-6,8-10H,1,7H2;1H/q+1;/p-1. The van der Waals surface area contributed by atoms with Crippen LogP contribution in [0.4, 0.5) is 11.4 Å². The molecule has 1 heterocycles. The van der Waals surface area contributed by atoms with E-state index in [0.29, 0.717) is 12.3 Å². The molecule has 0 saturated heterocycles. The van der Waals surface area contributed by atoms with Gasteiger partial charge in [-0.1, -0.05) is 6.58 Å². The summed E-state index contributed by atoms with van der Waals surface area (Å²) in [6.45, 7) is 4.17. The van der Waals surface area contributed by atoms with Crippen LogP contribution in [0.1, 0.15) is 0 Å². The molecular formula is C14H12BrN3O5. The molecule has 2 aromatic rings. The Morgan fingerprint density at radius 3 is 2.57 bits per heavy atom. The van der Waals surface area contributed by atoms with Gasteiger partial charge in [-0.05, 0) is 18.2 Å². The summed E-state index contributed by atoms with van der Waals surface area (Å²) in [7, 11) is 0. The summed E-state index contributed by atoms with van der Waals surface area (Å²) in [5, 5.41) is 21.7. The number of ether oxygens (including phenoxy) is 1. The maximum Gasteiger partial charge on any atom is 0.318 e. The Bertz CT molecular complexity index is 751. The summed E-state index contributed by atoms with van der Waals surface area (Å²) in [6.07, 6.45) is 5.13. The molecule has 8 nitrogen and oxygen atoms in total. The SMILES string of the molecule is C=CC[n+]1cccc(Oc2ccc([N+](=O)[O-])cc2[N+](=O)[O-])c1.[Br-]. The maximum atomic E-state index is 11.0. The Morgan fingerprint density at radius 2 is 1.96 bits per heavy atom. The van der Waals surface area contributed by atoms with E-state index in [4.69, 9.17) is 4.74 Å². The van der Waals surface area contributed by atoms with Crippen molar-refractivity contribution < 1.29 is 36.1 Å². The second-order valence-electron chi connectivity index (χ2n) is 4.29. The zero-order valence-corrected chi connectivity index (χ0v) is 13.4. The molecule has 0 aliphatic heterocycles. The molecule has 0 N–H and O–H groups in total. The quantitative estimate of drug-likeness (QED) is 0.298. The second kappa shape index (κ2) is 7.99. The molecule has 1 aromatic carbocycles. The monoisotopic (exact) mass is 381 g/mol. The topological polar surface area (TPSA) is 99.4 Å². The molecule has 2 rings (SSSR count). The van der Waals surface area contributed by atoms with Crippen LogP contribution in [0, 0.1) is 20.2 Å². The van der Waals surface area contributed by atoms with Crippen LogP contribution >= 0.6 is 0 Å². The van der Waals surface area contributed by atoms with Crippen LogP contribution in [0.25, 0.3) is 0 Å². The van der Waals surface area contributed by atoms with Gasteiger partial charge in [-0.2, -0.15) is 4.57 Å². The largest absolute Gasteiger partial charge is 1.00 e. The van der Waals surface area contributed by atoms with E-state index in [-0.39, 0.29) is 28.4 Å². The molecule has 0 radical (unpaired) electrons. The Balaban J connectivity index is 0.00000264. The minimum Gasteiger partial charge on any atom is -1.00 e. The molecule has 0 aliphatic rings. The number of hydrogen-bond donors (Lipinski definition) is 0. The normalized spacial score (nSPS) is 9.57. The first-order chi connectivity index (χ1) is 10.5. The highest BCUT2D eigenvalue weighted by atomic mass is 79.9. The molecule has 0 bridgehead atoms. The van der Waals surface area contributed by atoms with Gasteiger partial charge in [0.15, 0.2) is 18.5 Å². The number of allylic oxidation sites excluding steroid dienone is 1. The van der Waals surface area contributed by atoms with Crippen LogP contribution in [0.3, 0.4) is 0 Å². The summed E-state index contributed by atoms with van der Waals surface area (Å²) >= 11 is 0. The van der Waals surface area contributed by atoms with Gasteiger partial charge in [-0.3, -0.25) is 20.2 Å². The van der Waals surface area contributed by atoms with E-state index in [0.717, 1.165) is 12.1 Å². The van der Waals surface area contributed by atoms with Gasteiger partial charge in [-0.25, -0.2) is 0 Å². The highest BCUT2D eigenvalue weighted by Gasteiger charge is 2.21. The van der Waals surface area contributed by atoms with Crippen molar-refractivity contribution in [2.24, 2.45) is 0 Å². The lowest BCUT2D eigenvalue weighted by Gasteiger charge is -2.05. The number of nitrogens with zero attached hydrogens (tertiary/aromatic N) is 3. The van der Waals surface area contributed by atoms with Crippen LogP contribution in [-0.4, -0.2) is 9.85 Å². The van der Waals surface area contributed by atoms with Crippen LogP contribution in [0.2, 0.25) is 0 Å². The van der Waals surface area contributed by atoms with Gasteiger partial charge < -0.3 is 21.7 Å². The smallest absolute Gasteiger partial charge is 0.318 e. The molecule has 0 aliphatic carbocycles. The van der Waals surface area contributed by atoms with Crippen molar-refractivity contribution in [1.29, 1.82) is 0 Å². The highest BCUT2D eigenvalue weighted by molar-refractivity contribution is 5.54.